The van der Waals surface area contributed by atoms with Crippen molar-refractivity contribution in [3.05, 3.63) is 47.5 Å². The highest BCUT2D eigenvalue weighted by molar-refractivity contribution is 6.31. The molecular formula is C28H32ClFN4O4. The Hall–Kier alpha value is -3.17. The lowest BCUT2D eigenvalue weighted by Gasteiger charge is -2.40. The van der Waals surface area contributed by atoms with E-state index in [9.17, 15) is 9.18 Å². The third kappa shape index (κ3) is 5.94. The van der Waals surface area contributed by atoms with Gasteiger partial charge in [0.15, 0.2) is 17.7 Å². The predicted molar refractivity (Wildman–Crippen MR) is 144 cm³/mol. The van der Waals surface area contributed by atoms with Crippen molar-refractivity contribution < 1.29 is 23.4 Å². The van der Waals surface area contributed by atoms with E-state index in [0.717, 1.165) is 25.7 Å². The molecule has 2 fully saturated rings. The third-order valence-electron chi connectivity index (χ3n) is 6.80. The van der Waals surface area contributed by atoms with Gasteiger partial charge < -0.3 is 19.5 Å². The van der Waals surface area contributed by atoms with E-state index in [1.165, 1.54) is 18.5 Å². The van der Waals surface area contributed by atoms with Crippen molar-refractivity contribution in [2.75, 3.05) is 18.4 Å². The van der Waals surface area contributed by atoms with E-state index in [1.54, 1.807) is 6.07 Å². The molecule has 0 bridgehead atoms. The Balaban J connectivity index is 1.51. The number of benzene rings is 2. The Bertz CT molecular complexity index is 1330. The first-order chi connectivity index (χ1) is 18.2. The highest BCUT2D eigenvalue weighted by Crippen LogP contribution is 2.38. The average Bonchev–Trinajstić information content (AvgIpc) is 3.37. The Labute approximate surface area is 226 Å². The van der Waals surface area contributed by atoms with E-state index in [1.807, 2.05) is 37.8 Å². The molecule has 202 valence electrons. The number of esters is 1. The van der Waals surface area contributed by atoms with Gasteiger partial charge in [0, 0.05) is 23.7 Å². The molecule has 2 aliphatic rings. The molecule has 3 aromatic rings. The van der Waals surface area contributed by atoms with Crippen LogP contribution in [0, 0.1) is 5.82 Å². The topological polar surface area (TPSA) is 85.8 Å². The number of cyclic esters (lactones) is 1. The van der Waals surface area contributed by atoms with Crippen molar-refractivity contribution >= 4 is 40.0 Å². The summed E-state index contributed by atoms with van der Waals surface area (Å²) in [7, 11) is 0. The smallest absolute Gasteiger partial charge is 0.320 e. The highest BCUT2D eigenvalue weighted by Gasteiger charge is 2.37. The summed E-state index contributed by atoms with van der Waals surface area (Å²) in [4.78, 5) is 23.2. The molecule has 10 heteroatoms. The molecule has 0 spiro atoms. The van der Waals surface area contributed by atoms with E-state index in [2.05, 4.69) is 15.3 Å². The van der Waals surface area contributed by atoms with Crippen LogP contribution in [0.1, 0.15) is 52.9 Å². The summed E-state index contributed by atoms with van der Waals surface area (Å²) in [6, 6.07) is 8.13. The summed E-state index contributed by atoms with van der Waals surface area (Å²) in [5.74, 6) is 0.899. The first kappa shape index (κ1) is 26.4. The Kier molecular flexibility index (Phi) is 7.59. The number of morpholine rings is 1. The molecule has 1 atom stereocenters. The van der Waals surface area contributed by atoms with Crippen LogP contribution in [0.2, 0.25) is 5.02 Å². The van der Waals surface area contributed by atoms with Crippen LogP contribution in [0.5, 0.6) is 11.5 Å². The van der Waals surface area contributed by atoms with Crippen LogP contribution in [0.25, 0.3) is 10.9 Å². The maximum atomic E-state index is 13.7. The first-order valence-electron chi connectivity index (χ1n) is 13.0. The van der Waals surface area contributed by atoms with Gasteiger partial charge >= 0.3 is 5.97 Å². The number of aromatic nitrogens is 2. The van der Waals surface area contributed by atoms with Gasteiger partial charge in [0.2, 0.25) is 0 Å². The second-order valence-corrected chi connectivity index (χ2v) is 10.8. The molecule has 2 aromatic carbocycles. The molecule has 0 amide bonds. The van der Waals surface area contributed by atoms with Crippen LogP contribution in [-0.2, 0) is 9.53 Å². The molecule has 1 saturated heterocycles. The van der Waals surface area contributed by atoms with Gasteiger partial charge in [-0.05, 0) is 70.2 Å². The van der Waals surface area contributed by atoms with Gasteiger partial charge in [-0.3, -0.25) is 9.69 Å². The first-order valence-corrected chi connectivity index (χ1v) is 13.4. The van der Waals surface area contributed by atoms with Gasteiger partial charge in [-0.25, -0.2) is 14.4 Å². The van der Waals surface area contributed by atoms with Crippen molar-refractivity contribution in [1.29, 1.82) is 0 Å². The van der Waals surface area contributed by atoms with Gasteiger partial charge in [-0.15, -0.1) is 0 Å². The molecule has 1 unspecified atom stereocenters. The van der Waals surface area contributed by atoms with Crippen molar-refractivity contribution in [3.8, 4) is 11.5 Å². The van der Waals surface area contributed by atoms with Gasteiger partial charge in [-0.2, -0.15) is 0 Å². The summed E-state index contributed by atoms with van der Waals surface area (Å²) in [5, 5.41) is 3.93. The van der Waals surface area contributed by atoms with Gasteiger partial charge in [-0.1, -0.05) is 18.5 Å². The largest absolute Gasteiger partial charge is 0.486 e. The van der Waals surface area contributed by atoms with Crippen LogP contribution < -0.4 is 14.8 Å². The van der Waals surface area contributed by atoms with Crippen LogP contribution in [0.15, 0.2) is 36.7 Å². The molecule has 0 radical (unpaired) electrons. The Morgan fingerprint density at radius 1 is 1.21 bits per heavy atom. The third-order valence-corrected chi connectivity index (χ3v) is 7.09. The van der Waals surface area contributed by atoms with Crippen molar-refractivity contribution in [3.63, 3.8) is 0 Å². The molecule has 1 saturated carbocycles. The fraction of sp³-hybridized carbons (Fsp3) is 0.464. The summed E-state index contributed by atoms with van der Waals surface area (Å²) in [6.07, 6.45) is 6.09. The number of nitrogens with one attached hydrogen (secondary N) is 1. The fourth-order valence-electron chi connectivity index (χ4n) is 5.09. The minimum atomic E-state index is -0.611. The van der Waals surface area contributed by atoms with Crippen molar-refractivity contribution in [1.82, 2.24) is 14.9 Å². The molecule has 5 rings (SSSR count). The number of hydrogen-bond acceptors (Lipinski definition) is 8. The summed E-state index contributed by atoms with van der Waals surface area (Å²) >= 11 is 5.98. The normalized spacial score (nSPS) is 18.8. The van der Waals surface area contributed by atoms with Crippen molar-refractivity contribution in [2.24, 2.45) is 0 Å². The molecule has 1 N–H and O–H groups in total. The molecule has 38 heavy (non-hydrogen) atoms. The predicted octanol–water partition coefficient (Wildman–Crippen LogP) is 6.24. The lowest BCUT2D eigenvalue weighted by molar-refractivity contribution is -0.177. The zero-order valence-electron chi connectivity index (χ0n) is 21.8. The SMILES string of the molecule is CCC(Oc1cc2c(Nc3ccc(F)c(Cl)c3)ncnc2cc1OC1CCCC1)N1CC(=O)OC(C)(C)C1. The molecular weight excluding hydrogens is 511 g/mol. The Morgan fingerprint density at radius 3 is 2.71 bits per heavy atom. The lowest BCUT2D eigenvalue weighted by atomic mass is 10.1. The zero-order chi connectivity index (χ0) is 26.9. The van der Waals surface area contributed by atoms with Crippen LogP contribution in [0.4, 0.5) is 15.9 Å². The second kappa shape index (κ2) is 10.9. The second-order valence-electron chi connectivity index (χ2n) is 10.4. The number of carbonyl (C=O) groups excluding carboxylic acids is 1. The standard InChI is InChI=1S/C28H32ClFN4O4/c1-4-25(34-14-26(35)38-28(2,3)15-34)37-23-12-19-22(13-24(23)36-18-7-5-6-8-18)31-16-32-27(19)33-17-9-10-21(30)20(29)11-17/h9-13,16,18,25H,4-8,14-15H2,1-3H3,(H,31,32,33). The number of carbonyl (C=O) groups is 1. The number of anilines is 2. The minimum Gasteiger partial charge on any atom is -0.486 e. The average molecular weight is 543 g/mol. The monoisotopic (exact) mass is 542 g/mol. The molecule has 1 aromatic heterocycles. The number of rotatable bonds is 8. The fourth-order valence-corrected chi connectivity index (χ4v) is 5.27. The number of fused-ring (bicyclic) bond motifs is 1. The molecule has 2 heterocycles. The number of ether oxygens (including phenoxy) is 3. The zero-order valence-corrected chi connectivity index (χ0v) is 22.6. The lowest BCUT2D eigenvalue weighted by Crippen LogP contribution is -2.55. The molecule has 1 aliphatic heterocycles. The summed E-state index contributed by atoms with van der Waals surface area (Å²) in [5.41, 5.74) is 0.650. The number of halogens is 2. The van der Waals surface area contributed by atoms with Gasteiger partial charge in [0.1, 0.15) is 23.6 Å². The van der Waals surface area contributed by atoms with Crippen LogP contribution >= 0.6 is 11.6 Å². The van der Waals surface area contributed by atoms with Gasteiger partial charge in [0.25, 0.3) is 0 Å². The molecule has 1 aliphatic carbocycles. The quantitative estimate of drug-likeness (QED) is 0.335. The van der Waals surface area contributed by atoms with E-state index in [-0.39, 0.29) is 29.9 Å². The maximum absolute atomic E-state index is 13.7. The van der Waals surface area contributed by atoms with Gasteiger partial charge in [0.05, 0.1) is 23.2 Å². The number of hydrogen-bond donors (Lipinski definition) is 1. The van der Waals surface area contributed by atoms with Crippen molar-refractivity contribution in [2.45, 2.75) is 70.8 Å². The van der Waals surface area contributed by atoms with E-state index in [4.69, 9.17) is 25.8 Å². The Morgan fingerprint density at radius 2 is 2.00 bits per heavy atom. The van der Waals surface area contributed by atoms with E-state index < -0.39 is 11.4 Å². The summed E-state index contributed by atoms with van der Waals surface area (Å²) in [6.45, 7) is 6.50. The highest BCUT2D eigenvalue weighted by atomic mass is 35.5. The van der Waals surface area contributed by atoms with Crippen LogP contribution in [-0.4, -0.2) is 51.9 Å². The van der Waals surface area contributed by atoms with E-state index in [0.29, 0.717) is 46.9 Å². The molecule has 8 nitrogen and oxygen atoms in total. The number of nitrogens with zero attached hydrogens (tertiary/aromatic N) is 3. The minimum absolute atomic E-state index is 0.0124. The van der Waals surface area contributed by atoms with E-state index >= 15 is 0 Å². The summed E-state index contributed by atoms with van der Waals surface area (Å²) < 4.78 is 32.2. The van der Waals surface area contributed by atoms with Crippen LogP contribution in [0.3, 0.4) is 0 Å². The maximum Gasteiger partial charge on any atom is 0.320 e.